The summed E-state index contributed by atoms with van der Waals surface area (Å²) in [6, 6.07) is 21.4. The maximum atomic E-state index is 6.45. The number of hydrogen-bond donors (Lipinski definition) is 3. The van der Waals surface area contributed by atoms with Crippen molar-refractivity contribution in [1.29, 1.82) is 0 Å². The largest absolute Gasteiger partial charge is 0.399 e. The molecule has 2 atom stereocenters. The number of hydrogen-bond acceptors (Lipinski definition) is 7. The first-order chi connectivity index (χ1) is 22.1. The van der Waals surface area contributed by atoms with Crippen LogP contribution < -0.4 is 21.7 Å². The minimum Gasteiger partial charge on any atom is -0.399 e. The third-order valence-electron chi connectivity index (χ3n) is 8.17. The SMILES string of the molecule is C=C(N)/C1=C2\C=CC(=N2)/C(c2ccccn2)=c2/cc/c([nH]2)=C(\c2ccccn2)C2=N/C(=C(/c3ccccn3)C3C=CC1N3)C=C2. The van der Waals surface area contributed by atoms with E-state index < -0.39 is 0 Å². The van der Waals surface area contributed by atoms with Crippen LogP contribution in [0.5, 0.6) is 0 Å². The first-order valence-corrected chi connectivity index (χ1v) is 14.7. The fourth-order valence-electron chi connectivity index (χ4n) is 6.21. The van der Waals surface area contributed by atoms with Crippen LogP contribution in [0.1, 0.15) is 17.1 Å². The average Bonchev–Trinajstić information content (AvgIpc) is 3.90. The van der Waals surface area contributed by atoms with Gasteiger partial charge in [-0.05, 0) is 72.8 Å². The zero-order chi connectivity index (χ0) is 30.3. The van der Waals surface area contributed by atoms with Gasteiger partial charge in [-0.25, -0.2) is 9.98 Å². The number of nitrogens with one attached hydrogen (secondary N) is 2. The van der Waals surface area contributed by atoms with Gasteiger partial charge in [0.1, 0.15) is 0 Å². The lowest BCUT2D eigenvalue weighted by atomic mass is 10.0. The zero-order valence-corrected chi connectivity index (χ0v) is 24.2. The number of fused-ring (bicyclic) bond motifs is 6. The molecule has 0 saturated carbocycles. The van der Waals surface area contributed by atoms with Crippen LogP contribution in [0.2, 0.25) is 0 Å². The van der Waals surface area contributed by atoms with Crippen LogP contribution >= 0.6 is 0 Å². The Morgan fingerprint density at radius 1 is 0.622 bits per heavy atom. The van der Waals surface area contributed by atoms with E-state index >= 15 is 0 Å². The number of pyridine rings is 3. The maximum Gasteiger partial charge on any atom is 0.0752 e. The Morgan fingerprint density at radius 3 is 1.71 bits per heavy atom. The molecule has 0 amide bonds. The van der Waals surface area contributed by atoms with Gasteiger partial charge >= 0.3 is 0 Å². The molecule has 8 heteroatoms. The van der Waals surface area contributed by atoms with E-state index in [0.29, 0.717) is 5.70 Å². The number of aromatic nitrogens is 4. The molecule has 0 spiro atoms. The predicted octanol–water partition coefficient (Wildman–Crippen LogP) is 3.67. The van der Waals surface area contributed by atoms with Crippen LogP contribution in [0.4, 0.5) is 0 Å². The topological polar surface area (TPSA) is 117 Å². The van der Waals surface area contributed by atoms with E-state index in [2.05, 4.69) is 47.2 Å². The Balaban J connectivity index is 1.47. The summed E-state index contributed by atoms with van der Waals surface area (Å²) < 4.78 is 0. The number of rotatable bonds is 4. The number of aromatic amines is 1. The van der Waals surface area contributed by atoms with E-state index in [-0.39, 0.29) is 12.1 Å². The highest BCUT2D eigenvalue weighted by molar-refractivity contribution is 6.31. The van der Waals surface area contributed by atoms with Crippen LogP contribution in [-0.2, 0) is 0 Å². The summed E-state index contributed by atoms with van der Waals surface area (Å²) in [6.07, 6.45) is 17.7. The molecule has 45 heavy (non-hydrogen) atoms. The molecule has 216 valence electrons. The van der Waals surface area contributed by atoms with Crippen molar-refractivity contribution in [3.63, 3.8) is 0 Å². The predicted molar refractivity (Wildman–Crippen MR) is 178 cm³/mol. The normalized spacial score (nSPS) is 25.9. The minimum absolute atomic E-state index is 0.185. The molecule has 4 aliphatic heterocycles. The minimum atomic E-state index is -0.220. The molecule has 4 aromatic heterocycles. The molecular formula is C37H28N8. The lowest BCUT2D eigenvalue weighted by Gasteiger charge is -2.21. The Bertz CT molecular complexity index is 2200. The molecule has 0 aliphatic carbocycles. The summed E-state index contributed by atoms with van der Waals surface area (Å²) in [4.78, 5) is 28.2. The van der Waals surface area contributed by atoms with E-state index in [0.717, 1.165) is 72.9 Å². The van der Waals surface area contributed by atoms with Crippen LogP contribution in [0, 0.1) is 0 Å². The molecule has 8 heterocycles. The third kappa shape index (κ3) is 4.74. The van der Waals surface area contributed by atoms with Gasteiger partial charge in [-0.3, -0.25) is 20.3 Å². The van der Waals surface area contributed by atoms with Crippen molar-refractivity contribution in [3.8, 4) is 0 Å². The second kappa shape index (κ2) is 10.9. The lowest BCUT2D eigenvalue weighted by molar-refractivity contribution is 0.685. The summed E-state index contributed by atoms with van der Waals surface area (Å²) in [7, 11) is 0. The molecule has 0 fully saturated rings. The quantitative estimate of drug-likeness (QED) is 0.317. The highest BCUT2D eigenvalue weighted by Gasteiger charge is 2.31. The van der Waals surface area contributed by atoms with Crippen LogP contribution in [0.25, 0.3) is 16.7 Å². The van der Waals surface area contributed by atoms with Gasteiger partial charge in [-0.2, -0.15) is 0 Å². The summed E-state index contributed by atoms with van der Waals surface area (Å²) in [6.45, 7) is 4.13. The van der Waals surface area contributed by atoms with Gasteiger partial charge in [0.2, 0.25) is 0 Å². The number of allylic oxidation sites excluding steroid dienone is 4. The first kappa shape index (κ1) is 26.6. The second-order valence-electron chi connectivity index (χ2n) is 11.0. The van der Waals surface area contributed by atoms with Gasteiger partial charge in [0.25, 0.3) is 0 Å². The Kier molecular flexibility index (Phi) is 6.47. The van der Waals surface area contributed by atoms with E-state index in [1.807, 2.05) is 72.8 Å². The highest BCUT2D eigenvalue weighted by atomic mass is 15.0. The fourth-order valence-corrected chi connectivity index (χ4v) is 6.21. The average molecular weight is 585 g/mol. The van der Waals surface area contributed by atoms with Crippen LogP contribution in [0.15, 0.2) is 161 Å². The van der Waals surface area contributed by atoms with Gasteiger partial charge in [0, 0.05) is 46.6 Å². The van der Waals surface area contributed by atoms with E-state index in [4.69, 9.17) is 30.7 Å². The zero-order valence-electron chi connectivity index (χ0n) is 24.2. The first-order valence-electron chi connectivity index (χ1n) is 14.7. The summed E-state index contributed by atoms with van der Waals surface area (Å²) >= 11 is 0. The Morgan fingerprint density at radius 2 is 1.16 bits per heavy atom. The number of nitrogens with two attached hydrogens (primary N) is 1. The standard InChI is InChI=1S/C37H28N8/c1-22(38)34-26-11-13-28(42-26)35(23-8-2-5-19-39-23)30-15-17-32(44-30)37(25-10-4-7-21-41-25)33-18-16-31(45-33)36(24-9-3-6-20-40-24)29-14-12-27(34)43-29/h2-21,26,28,42,45H,1,38H2/b34-27-,35-30-,36-31-,37-33-. The molecule has 4 aliphatic rings. The van der Waals surface area contributed by atoms with Crippen molar-refractivity contribution >= 4 is 28.1 Å². The molecule has 8 nitrogen and oxygen atoms in total. The second-order valence-corrected chi connectivity index (χ2v) is 11.0. The smallest absolute Gasteiger partial charge is 0.0752 e. The molecule has 0 saturated heterocycles. The van der Waals surface area contributed by atoms with E-state index in [9.17, 15) is 0 Å². The van der Waals surface area contributed by atoms with Gasteiger partial charge in [0.15, 0.2) is 0 Å². The van der Waals surface area contributed by atoms with E-state index in [1.54, 1.807) is 18.6 Å². The highest BCUT2D eigenvalue weighted by Crippen LogP contribution is 2.33. The molecule has 0 aromatic carbocycles. The van der Waals surface area contributed by atoms with E-state index in [1.165, 1.54) is 0 Å². The maximum absolute atomic E-state index is 6.45. The summed E-state index contributed by atoms with van der Waals surface area (Å²) in [5.74, 6) is 0. The van der Waals surface area contributed by atoms with Crippen molar-refractivity contribution in [3.05, 3.63) is 179 Å². The Labute approximate surface area is 259 Å². The van der Waals surface area contributed by atoms with Crippen molar-refractivity contribution in [2.24, 2.45) is 15.7 Å². The monoisotopic (exact) mass is 584 g/mol. The number of nitrogens with zero attached hydrogens (tertiary/aromatic N) is 5. The third-order valence-corrected chi connectivity index (χ3v) is 8.17. The molecule has 4 aromatic rings. The van der Waals surface area contributed by atoms with Gasteiger partial charge in [-0.15, -0.1) is 0 Å². The lowest BCUT2D eigenvalue weighted by Crippen LogP contribution is -2.35. The number of aliphatic imine (C=N–C) groups is 2. The molecular weight excluding hydrogens is 556 g/mol. The molecule has 4 N–H and O–H groups in total. The number of H-pyrrole nitrogens is 1. The molecule has 8 rings (SSSR count). The molecule has 8 bridgehead atoms. The van der Waals surface area contributed by atoms with Crippen LogP contribution in [0.3, 0.4) is 0 Å². The van der Waals surface area contributed by atoms with Crippen molar-refractivity contribution < 1.29 is 0 Å². The van der Waals surface area contributed by atoms with Gasteiger partial charge in [-0.1, -0.05) is 36.9 Å². The summed E-state index contributed by atoms with van der Waals surface area (Å²) in [5, 5.41) is 5.49. The fraction of sp³-hybridized carbons (Fsp3) is 0.0541. The Hall–Kier alpha value is -5.99. The van der Waals surface area contributed by atoms with Crippen molar-refractivity contribution in [2.45, 2.75) is 12.1 Å². The molecule has 0 radical (unpaired) electrons. The van der Waals surface area contributed by atoms with Gasteiger partial charge < -0.3 is 10.7 Å². The van der Waals surface area contributed by atoms with Crippen LogP contribution in [-0.4, -0.2) is 43.4 Å². The molecule has 2 unspecified atom stereocenters. The summed E-state index contributed by atoms with van der Waals surface area (Å²) in [5.41, 5.74) is 16.0. The van der Waals surface area contributed by atoms with Crippen molar-refractivity contribution in [2.75, 3.05) is 0 Å². The van der Waals surface area contributed by atoms with Gasteiger partial charge in [0.05, 0.1) is 62.7 Å². The van der Waals surface area contributed by atoms with Crippen molar-refractivity contribution in [1.82, 2.24) is 25.3 Å².